The van der Waals surface area contributed by atoms with E-state index in [1.54, 1.807) is 11.6 Å². The molecule has 0 aliphatic heterocycles. The van der Waals surface area contributed by atoms with E-state index in [4.69, 9.17) is 14.2 Å². The zero-order valence-corrected chi connectivity index (χ0v) is 19.8. The summed E-state index contributed by atoms with van der Waals surface area (Å²) >= 11 is 0. The zero-order chi connectivity index (χ0) is 24.1. The topological polar surface area (TPSA) is 87.5 Å². The molecule has 34 heavy (non-hydrogen) atoms. The summed E-state index contributed by atoms with van der Waals surface area (Å²) in [5, 5.41) is 2.82. The summed E-state index contributed by atoms with van der Waals surface area (Å²) in [4.78, 5) is 19.7. The Morgan fingerprint density at radius 1 is 1.21 bits per heavy atom. The Hall–Kier alpha value is -3.20. The molecule has 3 aromatic rings. The Bertz CT molecular complexity index is 1110. The molecule has 0 bridgehead atoms. The van der Waals surface area contributed by atoms with E-state index in [-0.39, 0.29) is 36.6 Å². The van der Waals surface area contributed by atoms with Gasteiger partial charge in [-0.1, -0.05) is 30.3 Å². The molecule has 9 heteroatoms. The summed E-state index contributed by atoms with van der Waals surface area (Å²) < 4.78 is 34.4. The van der Waals surface area contributed by atoms with Crippen molar-refractivity contribution in [3.63, 3.8) is 0 Å². The number of carbonyl (C=O) groups is 1. The fourth-order valence-corrected chi connectivity index (χ4v) is 4.19. The Labute approximate surface area is 198 Å². The number of amides is 1. The van der Waals surface area contributed by atoms with Crippen molar-refractivity contribution >= 4 is 16.9 Å². The number of nitrogens with one attached hydrogen (secondary N) is 1. The van der Waals surface area contributed by atoms with Crippen LogP contribution in [-0.4, -0.2) is 45.3 Å². The van der Waals surface area contributed by atoms with Gasteiger partial charge in [-0.25, -0.2) is 4.98 Å². The summed E-state index contributed by atoms with van der Waals surface area (Å²) in [5.74, 6) is -0.669. The number of aryl methyl sites for hydroxylation is 1. The molecule has 0 spiro atoms. The lowest BCUT2D eigenvalue weighted by Gasteiger charge is -2.29. The number of hydrogen-bond acceptors (Lipinski definition) is 6. The first-order chi connectivity index (χ1) is 16.4. The number of hydrogen-bond donors (Lipinski definition) is 1. The fourth-order valence-electron chi connectivity index (χ4n) is 4.19. The fraction of sp³-hybridized carbons (Fsp3) is 0.480. The minimum Gasteiger partial charge on any atom is -0.471 e. The number of imidazole rings is 1. The molecule has 2 heterocycles. The zero-order valence-electron chi connectivity index (χ0n) is 19.8. The molecule has 1 aliphatic carbocycles. The van der Waals surface area contributed by atoms with Gasteiger partial charge in [-0.15, -0.1) is 0 Å². The minimum absolute atomic E-state index is 0.0171. The van der Waals surface area contributed by atoms with Crippen LogP contribution < -0.4 is 14.8 Å². The van der Waals surface area contributed by atoms with E-state index < -0.39 is 5.82 Å². The summed E-state index contributed by atoms with van der Waals surface area (Å²) in [6, 6.07) is 9.90. The van der Waals surface area contributed by atoms with Crippen molar-refractivity contribution in [2.45, 2.75) is 64.4 Å². The summed E-state index contributed by atoms with van der Waals surface area (Å²) in [5.41, 5.74) is 1.66. The van der Waals surface area contributed by atoms with Crippen LogP contribution in [0, 0.1) is 5.82 Å². The van der Waals surface area contributed by atoms with Gasteiger partial charge in [0, 0.05) is 20.0 Å². The van der Waals surface area contributed by atoms with E-state index in [0.717, 1.165) is 31.2 Å². The SMILES string of the molecule is CC(=O)N[C@@H](C)CO[C@H]1CC[C@H](Oc2nc3cnc(OCc4ccccc4)c(F)c3n2C)CC1. The third-order valence-electron chi connectivity index (χ3n) is 5.92. The molecule has 1 fully saturated rings. The van der Waals surface area contributed by atoms with Crippen molar-refractivity contribution in [3.05, 3.63) is 47.9 Å². The molecule has 0 saturated heterocycles. The molecular weight excluding hydrogens is 439 g/mol. The van der Waals surface area contributed by atoms with Crippen molar-refractivity contribution in [1.29, 1.82) is 0 Å². The first kappa shape index (κ1) is 23.9. The monoisotopic (exact) mass is 470 g/mol. The first-order valence-electron chi connectivity index (χ1n) is 11.6. The summed E-state index contributed by atoms with van der Waals surface area (Å²) in [7, 11) is 1.73. The van der Waals surface area contributed by atoms with Gasteiger partial charge in [0.25, 0.3) is 11.9 Å². The maximum Gasteiger partial charge on any atom is 0.297 e. The van der Waals surface area contributed by atoms with E-state index >= 15 is 4.39 Å². The second-order valence-corrected chi connectivity index (χ2v) is 8.79. The predicted octanol–water partition coefficient (Wildman–Crippen LogP) is 3.92. The van der Waals surface area contributed by atoms with Crippen molar-refractivity contribution in [1.82, 2.24) is 19.9 Å². The lowest BCUT2D eigenvalue weighted by atomic mass is 9.95. The van der Waals surface area contributed by atoms with Crippen LogP contribution in [0.25, 0.3) is 11.0 Å². The molecule has 1 aromatic carbocycles. The molecule has 1 saturated carbocycles. The third kappa shape index (κ3) is 5.83. The Morgan fingerprint density at radius 3 is 2.62 bits per heavy atom. The van der Waals surface area contributed by atoms with Crippen LogP contribution in [0.2, 0.25) is 0 Å². The molecular formula is C25H31FN4O4. The van der Waals surface area contributed by atoms with Crippen molar-refractivity contribution in [2.24, 2.45) is 7.05 Å². The van der Waals surface area contributed by atoms with Crippen LogP contribution in [0.3, 0.4) is 0 Å². The smallest absolute Gasteiger partial charge is 0.297 e. The van der Waals surface area contributed by atoms with Gasteiger partial charge in [-0.2, -0.15) is 9.37 Å². The van der Waals surface area contributed by atoms with E-state index in [1.165, 1.54) is 13.1 Å². The average molecular weight is 471 g/mol. The van der Waals surface area contributed by atoms with Gasteiger partial charge in [-0.3, -0.25) is 9.36 Å². The average Bonchev–Trinajstić information content (AvgIpc) is 3.14. The Morgan fingerprint density at radius 2 is 1.91 bits per heavy atom. The first-order valence-corrected chi connectivity index (χ1v) is 11.6. The molecule has 1 aliphatic rings. The number of aromatic nitrogens is 3. The Kier molecular flexibility index (Phi) is 7.62. The highest BCUT2D eigenvalue weighted by Crippen LogP contribution is 2.30. The number of nitrogens with zero attached hydrogens (tertiary/aromatic N) is 3. The van der Waals surface area contributed by atoms with Crippen LogP contribution >= 0.6 is 0 Å². The van der Waals surface area contributed by atoms with Gasteiger partial charge in [0.2, 0.25) is 11.7 Å². The standard InChI is InChI=1S/C25H31FN4O4/c1-16(28-17(2)31)14-32-19-9-11-20(12-10-19)34-25-29-21-13-27-24(22(26)23(21)30(25)3)33-15-18-7-5-4-6-8-18/h4-8,13,16,19-20H,9-12,14-15H2,1-3H3,(H,28,31)/t16-,19-,20-/m0/s1. The van der Waals surface area contributed by atoms with Gasteiger partial charge in [0.05, 0.1) is 18.9 Å². The second kappa shape index (κ2) is 10.8. The highest BCUT2D eigenvalue weighted by molar-refractivity contribution is 5.77. The lowest BCUT2D eigenvalue weighted by molar-refractivity contribution is -0.120. The van der Waals surface area contributed by atoms with Crippen LogP contribution in [-0.2, 0) is 23.2 Å². The second-order valence-electron chi connectivity index (χ2n) is 8.79. The van der Waals surface area contributed by atoms with Crippen LogP contribution in [0.4, 0.5) is 4.39 Å². The highest BCUT2D eigenvalue weighted by atomic mass is 19.1. The minimum atomic E-state index is -0.552. The third-order valence-corrected chi connectivity index (χ3v) is 5.92. The number of halogens is 1. The van der Waals surface area contributed by atoms with Gasteiger partial charge in [-0.05, 0) is 38.2 Å². The molecule has 2 aromatic heterocycles. The number of pyridine rings is 1. The lowest BCUT2D eigenvalue weighted by Crippen LogP contribution is -2.37. The van der Waals surface area contributed by atoms with E-state index in [0.29, 0.717) is 23.7 Å². The van der Waals surface area contributed by atoms with Gasteiger partial charge >= 0.3 is 0 Å². The van der Waals surface area contributed by atoms with Crippen molar-refractivity contribution in [3.8, 4) is 11.9 Å². The van der Waals surface area contributed by atoms with Gasteiger partial charge in [0.15, 0.2) is 0 Å². The maximum atomic E-state index is 15.2. The normalized spacial score (nSPS) is 19.1. The molecule has 4 rings (SSSR count). The molecule has 8 nitrogen and oxygen atoms in total. The van der Waals surface area contributed by atoms with Crippen LogP contribution in [0.1, 0.15) is 45.1 Å². The van der Waals surface area contributed by atoms with Crippen LogP contribution in [0.5, 0.6) is 11.9 Å². The van der Waals surface area contributed by atoms with E-state index in [9.17, 15) is 4.79 Å². The number of ether oxygens (including phenoxy) is 3. The maximum absolute atomic E-state index is 15.2. The van der Waals surface area contributed by atoms with Crippen LogP contribution in [0.15, 0.2) is 36.5 Å². The number of fused-ring (bicyclic) bond motifs is 1. The molecule has 1 N–H and O–H groups in total. The predicted molar refractivity (Wildman–Crippen MR) is 125 cm³/mol. The summed E-state index contributed by atoms with van der Waals surface area (Å²) in [6.07, 6.45) is 4.97. The summed E-state index contributed by atoms with van der Waals surface area (Å²) in [6.45, 7) is 4.14. The van der Waals surface area contributed by atoms with Crippen molar-refractivity contribution < 1.29 is 23.4 Å². The molecule has 0 unspecified atom stereocenters. The number of benzene rings is 1. The molecule has 1 amide bonds. The van der Waals surface area contributed by atoms with Crippen molar-refractivity contribution in [2.75, 3.05) is 6.61 Å². The molecule has 0 radical (unpaired) electrons. The molecule has 1 atom stereocenters. The Balaban J connectivity index is 1.34. The quantitative estimate of drug-likeness (QED) is 0.510. The number of rotatable bonds is 9. The largest absolute Gasteiger partial charge is 0.471 e. The number of carbonyl (C=O) groups excluding carboxylic acids is 1. The van der Waals surface area contributed by atoms with E-state index in [2.05, 4.69) is 15.3 Å². The van der Waals surface area contributed by atoms with Gasteiger partial charge < -0.3 is 19.5 Å². The highest BCUT2D eigenvalue weighted by Gasteiger charge is 2.26. The van der Waals surface area contributed by atoms with E-state index in [1.807, 2.05) is 37.3 Å². The van der Waals surface area contributed by atoms with Gasteiger partial charge in [0.1, 0.15) is 23.7 Å². The molecule has 182 valence electrons.